The van der Waals surface area contributed by atoms with E-state index in [0.29, 0.717) is 11.1 Å². The third-order valence-electron chi connectivity index (χ3n) is 2.98. The van der Waals surface area contributed by atoms with Gasteiger partial charge in [0, 0.05) is 12.0 Å². The highest BCUT2D eigenvalue weighted by molar-refractivity contribution is 5.85. The summed E-state index contributed by atoms with van der Waals surface area (Å²) in [7, 11) is 1.28. The molecule has 0 heterocycles. The molecule has 1 amide bonds. The van der Waals surface area contributed by atoms with Gasteiger partial charge in [0.1, 0.15) is 6.54 Å². The van der Waals surface area contributed by atoms with Crippen LogP contribution >= 0.6 is 0 Å². The maximum absolute atomic E-state index is 12.5. The maximum Gasteiger partial charge on any atom is 0.325 e. The summed E-state index contributed by atoms with van der Waals surface area (Å²) in [6, 6.07) is 9.12. The molecule has 0 fully saturated rings. The number of carbonyl (C=O) groups excluding carboxylic acids is 2. The summed E-state index contributed by atoms with van der Waals surface area (Å²) < 4.78 is 4.64. The zero-order valence-electron chi connectivity index (χ0n) is 12.8. The molecule has 1 aromatic rings. The van der Waals surface area contributed by atoms with Crippen LogP contribution in [-0.2, 0) is 20.9 Å². The number of amides is 1. The maximum atomic E-state index is 12.5. The fourth-order valence-corrected chi connectivity index (χ4v) is 1.87. The van der Waals surface area contributed by atoms with Gasteiger partial charge in [0.15, 0.2) is 0 Å². The van der Waals surface area contributed by atoms with Crippen LogP contribution in [0.3, 0.4) is 0 Å². The largest absolute Gasteiger partial charge is 0.468 e. The Morgan fingerprint density at radius 1 is 1.29 bits per heavy atom. The molecule has 0 bridgehead atoms. The van der Waals surface area contributed by atoms with Crippen molar-refractivity contribution in [3.05, 3.63) is 35.4 Å². The summed E-state index contributed by atoms with van der Waals surface area (Å²) in [4.78, 5) is 25.4. The predicted molar refractivity (Wildman–Crippen MR) is 78.0 cm³/mol. The van der Waals surface area contributed by atoms with E-state index < -0.39 is 11.4 Å². The minimum absolute atomic E-state index is 0.133. The van der Waals surface area contributed by atoms with Crippen LogP contribution < -0.4 is 0 Å². The zero-order valence-corrected chi connectivity index (χ0v) is 12.8. The Kier molecular flexibility index (Phi) is 5.48. The van der Waals surface area contributed by atoms with Crippen LogP contribution in [0.25, 0.3) is 0 Å². The fraction of sp³-hybridized carbons (Fsp3) is 0.438. The lowest BCUT2D eigenvalue weighted by molar-refractivity contribution is -0.150. The number of esters is 1. The van der Waals surface area contributed by atoms with Crippen molar-refractivity contribution < 1.29 is 14.3 Å². The first-order valence-electron chi connectivity index (χ1n) is 6.63. The standard InChI is InChI=1S/C16H20N2O3/c1-16(2,3)15(20)18(11-14(19)21-4)10-13-8-6-5-7-12(13)9-17/h5-8H,10-11H2,1-4H3. The molecule has 0 saturated carbocycles. The Labute approximate surface area is 125 Å². The quantitative estimate of drug-likeness (QED) is 0.796. The molecule has 0 N–H and O–H groups in total. The van der Waals surface area contributed by atoms with E-state index in [1.54, 1.807) is 45.0 Å². The van der Waals surface area contributed by atoms with Gasteiger partial charge in [-0.05, 0) is 11.6 Å². The van der Waals surface area contributed by atoms with E-state index in [9.17, 15) is 9.59 Å². The lowest BCUT2D eigenvalue weighted by Gasteiger charge is -2.29. The molecule has 0 radical (unpaired) electrons. The molecule has 0 aromatic heterocycles. The monoisotopic (exact) mass is 288 g/mol. The van der Waals surface area contributed by atoms with Crippen molar-refractivity contribution in [3.63, 3.8) is 0 Å². The van der Waals surface area contributed by atoms with Gasteiger partial charge >= 0.3 is 5.97 Å². The van der Waals surface area contributed by atoms with Gasteiger partial charge in [-0.15, -0.1) is 0 Å². The van der Waals surface area contributed by atoms with Crippen LogP contribution in [0.5, 0.6) is 0 Å². The Balaban J connectivity index is 3.05. The van der Waals surface area contributed by atoms with Crippen LogP contribution in [0.2, 0.25) is 0 Å². The summed E-state index contributed by atoms with van der Waals surface area (Å²) in [5, 5.41) is 9.11. The Bertz CT molecular complexity index is 568. The number of ether oxygens (including phenoxy) is 1. The SMILES string of the molecule is COC(=O)CN(Cc1ccccc1C#N)C(=O)C(C)(C)C. The van der Waals surface area contributed by atoms with Gasteiger partial charge in [0.05, 0.1) is 18.7 Å². The van der Waals surface area contributed by atoms with Crippen molar-refractivity contribution in [1.29, 1.82) is 5.26 Å². The fourth-order valence-electron chi connectivity index (χ4n) is 1.87. The molecule has 0 spiro atoms. The smallest absolute Gasteiger partial charge is 0.325 e. The van der Waals surface area contributed by atoms with E-state index in [1.165, 1.54) is 12.0 Å². The van der Waals surface area contributed by atoms with Crippen molar-refractivity contribution >= 4 is 11.9 Å². The van der Waals surface area contributed by atoms with Gasteiger partial charge in [0.25, 0.3) is 0 Å². The summed E-state index contributed by atoms with van der Waals surface area (Å²) >= 11 is 0. The van der Waals surface area contributed by atoms with E-state index in [-0.39, 0.29) is 19.0 Å². The number of benzene rings is 1. The lowest BCUT2D eigenvalue weighted by atomic mass is 9.94. The Morgan fingerprint density at radius 3 is 2.43 bits per heavy atom. The molecule has 112 valence electrons. The first-order valence-corrected chi connectivity index (χ1v) is 6.63. The number of nitrogens with zero attached hydrogens (tertiary/aromatic N) is 2. The second-order valence-electron chi connectivity index (χ2n) is 5.76. The number of rotatable bonds is 4. The molecule has 21 heavy (non-hydrogen) atoms. The summed E-state index contributed by atoms with van der Waals surface area (Å²) in [6.45, 7) is 5.43. The zero-order chi connectivity index (χ0) is 16.0. The van der Waals surface area contributed by atoms with Gasteiger partial charge < -0.3 is 9.64 Å². The lowest BCUT2D eigenvalue weighted by Crippen LogP contribution is -2.42. The van der Waals surface area contributed by atoms with Gasteiger partial charge in [-0.25, -0.2) is 0 Å². The van der Waals surface area contributed by atoms with Gasteiger partial charge in [0.2, 0.25) is 5.91 Å². The van der Waals surface area contributed by atoms with Crippen LogP contribution in [-0.4, -0.2) is 30.4 Å². The van der Waals surface area contributed by atoms with Crippen LogP contribution in [0, 0.1) is 16.7 Å². The van der Waals surface area contributed by atoms with Crippen molar-refractivity contribution in [1.82, 2.24) is 4.90 Å². The van der Waals surface area contributed by atoms with E-state index in [0.717, 1.165) is 0 Å². The second-order valence-corrected chi connectivity index (χ2v) is 5.76. The molecule has 0 unspecified atom stereocenters. The summed E-state index contributed by atoms with van der Waals surface area (Å²) in [5.41, 5.74) is 0.589. The highest BCUT2D eigenvalue weighted by atomic mass is 16.5. The molecule has 0 aliphatic heterocycles. The van der Waals surface area contributed by atoms with Crippen LogP contribution in [0.4, 0.5) is 0 Å². The summed E-state index contributed by atoms with van der Waals surface area (Å²) in [6.07, 6.45) is 0. The minimum Gasteiger partial charge on any atom is -0.468 e. The van der Waals surface area contributed by atoms with E-state index in [1.807, 2.05) is 0 Å². The molecule has 5 nitrogen and oxygen atoms in total. The van der Waals surface area contributed by atoms with E-state index >= 15 is 0 Å². The Morgan fingerprint density at radius 2 is 1.90 bits per heavy atom. The number of carbonyl (C=O) groups is 2. The third-order valence-corrected chi connectivity index (χ3v) is 2.98. The molecule has 1 rings (SSSR count). The number of hydrogen-bond acceptors (Lipinski definition) is 4. The predicted octanol–water partition coefficient (Wildman–Crippen LogP) is 2.11. The number of methoxy groups -OCH3 is 1. The molecular formula is C16H20N2O3. The van der Waals surface area contributed by atoms with Gasteiger partial charge in [-0.1, -0.05) is 39.0 Å². The minimum atomic E-state index is -0.615. The van der Waals surface area contributed by atoms with Crippen LogP contribution in [0.1, 0.15) is 31.9 Å². The Hall–Kier alpha value is -2.35. The van der Waals surface area contributed by atoms with E-state index in [2.05, 4.69) is 10.8 Å². The van der Waals surface area contributed by atoms with E-state index in [4.69, 9.17) is 5.26 Å². The average molecular weight is 288 g/mol. The number of nitriles is 1. The molecule has 5 heteroatoms. The molecule has 0 saturated heterocycles. The second kappa shape index (κ2) is 6.89. The van der Waals surface area contributed by atoms with Crippen LogP contribution in [0.15, 0.2) is 24.3 Å². The highest BCUT2D eigenvalue weighted by Gasteiger charge is 2.29. The number of hydrogen-bond donors (Lipinski definition) is 0. The van der Waals surface area contributed by atoms with Crippen molar-refractivity contribution in [2.45, 2.75) is 27.3 Å². The first-order chi connectivity index (χ1) is 9.79. The first kappa shape index (κ1) is 16.7. The molecule has 1 aromatic carbocycles. The molecule has 0 aliphatic rings. The topological polar surface area (TPSA) is 70.4 Å². The van der Waals surface area contributed by atoms with Gasteiger partial charge in [-0.3, -0.25) is 9.59 Å². The molecule has 0 aliphatic carbocycles. The summed E-state index contributed by atoms with van der Waals surface area (Å²) in [5.74, 6) is -0.650. The van der Waals surface area contributed by atoms with Crippen molar-refractivity contribution in [3.8, 4) is 6.07 Å². The normalized spacial score (nSPS) is 10.6. The molecular weight excluding hydrogens is 268 g/mol. The van der Waals surface area contributed by atoms with Crippen molar-refractivity contribution in [2.24, 2.45) is 5.41 Å². The third kappa shape index (κ3) is 4.60. The van der Waals surface area contributed by atoms with Crippen molar-refractivity contribution in [2.75, 3.05) is 13.7 Å². The highest BCUT2D eigenvalue weighted by Crippen LogP contribution is 2.20. The van der Waals surface area contributed by atoms with Gasteiger partial charge in [-0.2, -0.15) is 5.26 Å². The molecule has 0 atom stereocenters. The average Bonchev–Trinajstić information content (AvgIpc) is 2.45.